The van der Waals surface area contributed by atoms with E-state index in [1.165, 1.54) is 42.0 Å². The summed E-state index contributed by atoms with van der Waals surface area (Å²) in [6.07, 6.45) is 10.4. The monoisotopic (exact) mass is 609 g/mol. The first-order valence-electron chi connectivity index (χ1n) is 11.8. The van der Waals surface area contributed by atoms with Crippen LogP contribution in [0.1, 0.15) is 56.9 Å². The predicted molar refractivity (Wildman–Crippen MR) is 127 cm³/mol. The van der Waals surface area contributed by atoms with Crippen LogP contribution in [-0.2, 0) is 20.1 Å². The average molecular weight is 609 g/mol. The number of aromatic nitrogens is 1. The van der Waals surface area contributed by atoms with Crippen molar-refractivity contribution in [2.24, 2.45) is 11.8 Å². The quantitative estimate of drug-likeness (QED) is 0.329. The number of benzene rings is 2. The molecular formula is C28H34IrNO2-. The topological polar surface area (TPSA) is 53.4 Å². The predicted octanol–water partition coefficient (Wildman–Crippen LogP) is 6.10. The molecule has 2 fully saturated rings. The van der Waals surface area contributed by atoms with E-state index in [4.69, 9.17) is 0 Å². The molecule has 4 heteroatoms. The molecule has 0 amide bonds. The van der Waals surface area contributed by atoms with Crippen LogP contribution in [0.3, 0.4) is 0 Å². The Morgan fingerprint density at radius 2 is 1.56 bits per heavy atom. The zero-order chi connectivity index (χ0) is 21.6. The Kier molecular flexibility index (Phi) is 9.43. The molecule has 2 unspecified atom stereocenters. The van der Waals surface area contributed by atoms with Crippen molar-refractivity contribution < 1.29 is 30.3 Å². The first-order valence-corrected chi connectivity index (χ1v) is 11.8. The maximum absolute atomic E-state index is 10.0. The van der Waals surface area contributed by atoms with Crippen molar-refractivity contribution in [3.05, 3.63) is 66.4 Å². The van der Waals surface area contributed by atoms with Crippen molar-refractivity contribution >= 4 is 10.8 Å². The summed E-state index contributed by atoms with van der Waals surface area (Å²) in [4.78, 5) is 4.48. The number of aliphatic hydroxyl groups excluding tert-OH is 2. The molecule has 5 rings (SSSR count). The van der Waals surface area contributed by atoms with Gasteiger partial charge in [0.15, 0.2) is 0 Å². The summed E-state index contributed by atoms with van der Waals surface area (Å²) in [5, 5.41) is 22.4. The number of pyridine rings is 1. The summed E-state index contributed by atoms with van der Waals surface area (Å²) < 4.78 is 0. The molecule has 2 aliphatic carbocycles. The maximum atomic E-state index is 10.0. The molecular weight excluding hydrogens is 575 g/mol. The zero-order valence-corrected chi connectivity index (χ0v) is 21.2. The van der Waals surface area contributed by atoms with Gasteiger partial charge in [-0.15, -0.1) is 35.9 Å². The molecule has 2 saturated carbocycles. The zero-order valence-electron chi connectivity index (χ0n) is 18.8. The maximum Gasteiger partial charge on any atom is 0.0595 e. The first kappa shape index (κ1) is 25.0. The molecule has 0 bridgehead atoms. The van der Waals surface area contributed by atoms with Gasteiger partial charge in [-0.1, -0.05) is 49.4 Å². The Labute approximate surface area is 205 Å². The molecule has 2 aromatic carbocycles. The Hall–Kier alpha value is -1.58. The third kappa shape index (κ3) is 6.05. The summed E-state index contributed by atoms with van der Waals surface area (Å²) in [7, 11) is 0. The number of fused-ring (bicyclic) bond motifs is 2. The van der Waals surface area contributed by atoms with Crippen molar-refractivity contribution in [1.29, 1.82) is 0 Å². The van der Waals surface area contributed by atoms with E-state index in [0.717, 1.165) is 36.9 Å². The van der Waals surface area contributed by atoms with Crippen LogP contribution in [0.25, 0.3) is 22.0 Å². The van der Waals surface area contributed by atoms with Crippen LogP contribution in [-0.4, -0.2) is 27.4 Å². The van der Waals surface area contributed by atoms with Gasteiger partial charge in [-0.05, 0) is 61.1 Å². The standard InChI is InChI=1S/C16H12N.C12H22O2.Ir/c1-12-7-8-15-14(11-12)9-10-17-16(15)13-5-3-2-4-6-13;13-10-7-3-1-5-9-6-2-4-8-11(14)12(9)10;/h2-5,7-11H,1H3;9-14H,1-8H2;/q-1;;. The average Bonchev–Trinajstić information content (AvgIpc) is 3.09. The molecule has 3 aromatic rings. The van der Waals surface area contributed by atoms with E-state index < -0.39 is 0 Å². The molecule has 3 nitrogen and oxygen atoms in total. The largest absolute Gasteiger partial charge is 0.393 e. The van der Waals surface area contributed by atoms with Gasteiger partial charge in [-0.25, -0.2) is 0 Å². The first-order chi connectivity index (χ1) is 15.1. The van der Waals surface area contributed by atoms with Crippen LogP contribution in [0.4, 0.5) is 0 Å². The molecule has 32 heavy (non-hydrogen) atoms. The van der Waals surface area contributed by atoms with Crippen LogP contribution in [0.2, 0.25) is 0 Å². The molecule has 2 atom stereocenters. The van der Waals surface area contributed by atoms with Gasteiger partial charge in [-0.3, -0.25) is 0 Å². The summed E-state index contributed by atoms with van der Waals surface area (Å²) in [5.41, 5.74) is 3.32. The summed E-state index contributed by atoms with van der Waals surface area (Å²) in [6, 6.07) is 19.7. The van der Waals surface area contributed by atoms with Gasteiger partial charge in [0.05, 0.1) is 12.2 Å². The minimum Gasteiger partial charge on any atom is -0.393 e. The smallest absolute Gasteiger partial charge is 0.0595 e. The third-order valence-corrected chi connectivity index (χ3v) is 6.97. The fourth-order valence-corrected chi connectivity index (χ4v) is 5.37. The molecule has 2 aliphatic rings. The fraction of sp³-hybridized carbons (Fsp3) is 0.464. The van der Waals surface area contributed by atoms with Crippen molar-refractivity contribution in [2.45, 2.75) is 70.5 Å². The van der Waals surface area contributed by atoms with Crippen LogP contribution >= 0.6 is 0 Å². The second-order valence-corrected chi connectivity index (χ2v) is 9.20. The fourth-order valence-electron chi connectivity index (χ4n) is 5.37. The molecule has 0 spiro atoms. The van der Waals surface area contributed by atoms with E-state index in [0.29, 0.717) is 5.92 Å². The second-order valence-electron chi connectivity index (χ2n) is 9.20. The summed E-state index contributed by atoms with van der Waals surface area (Å²) >= 11 is 0. The number of rotatable bonds is 1. The molecule has 2 N–H and O–H groups in total. The van der Waals surface area contributed by atoms with Crippen molar-refractivity contribution in [1.82, 2.24) is 4.98 Å². The Morgan fingerprint density at radius 1 is 0.875 bits per heavy atom. The van der Waals surface area contributed by atoms with Gasteiger partial charge in [0.25, 0.3) is 0 Å². The number of aliphatic hydroxyl groups is 2. The van der Waals surface area contributed by atoms with E-state index in [1.807, 2.05) is 30.5 Å². The second kappa shape index (κ2) is 12.0. The molecule has 173 valence electrons. The summed E-state index contributed by atoms with van der Waals surface area (Å²) in [5.74, 6) is 0.769. The molecule has 0 saturated heterocycles. The molecule has 1 heterocycles. The normalized spacial score (nSPS) is 25.3. The molecule has 1 aromatic heterocycles. The van der Waals surface area contributed by atoms with Gasteiger partial charge in [-0.2, -0.15) is 0 Å². The molecule has 1 radical (unpaired) electrons. The number of aryl methyl sites for hydroxylation is 1. The Balaban J connectivity index is 0.000000178. The van der Waals surface area contributed by atoms with Crippen LogP contribution in [0.5, 0.6) is 0 Å². The van der Waals surface area contributed by atoms with Gasteiger partial charge in [0.1, 0.15) is 0 Å². The van der Waals surface area contributed by atoms with Crippen LogP contribution in [0, 0.1) is 24.8 Å². The SMILES string of the molecule is Cc1ccc2c(-c3[c-]cccc3)nccc2c1.OC1CCCCC2CCCCC(O)C12.[Ir]. The van der Waals surface area contributed by atoms with Crippen molar-refractivity contribution in [3.63, 3.8) is 0 Å². The van der Waals surface area contributed by atoms with Gasteiger partial charge < -0.3 is 15.2 Å². The van der Waals surface area contributed by atoms with E-state index in [1.54, 1.807) is 0 Å². The van der Waals surface area contributed by atoms with Crippen LogP contribution < -0.4 is 0 Å². The molecule has 0 aliphatic heterocycles. The van der Waals surface area contributed by atoms with Gasteiger partial charge in [0.2, 0.25) is 0 Å². The van der Waals surface area contributed by atoms with E-state index >= 15 is 0 Å². The minimum absolute atomic E-state index is 0. The van der Waals surface area contributed by atoms with Gasteiger partial charge >= 0.3 is 0 Å². The van der Waals surface area contributed by atoms with Crippen LogP contribution in [0.15, 0.2) is 54.7 Å². The number of nitrogens with zero attached hydrogens (tertiary/aromatic N) is 1. The summed E-state index contributed by atoms with van der Waals surface area (Å²) in [6.45, 7) is 2.11. The van der Waals surface area contributed by atoms with Crippen molar-refractivity contribution in [3.8, 4) is 11.3 Å². The van der Waals surface area contributed by atoms with Crippen molar-refractivity contribution in [2.75, 3.05) is 0 Å². The van der Waals surface area contributed by atoms with Gasteiger partial charge in [0, 0.05) is 32.2 Å². The Bertz CT molecular complexity index is 960. The number of hydrogen-bond acceptors (Lipinski definition) is 3. The van der Waals surface area contributed by atoms with E-state index in [2.05, 4.69) is 42.2 Å². The van der Waals surface area contributed by atoms with E-state index in [9.17, 15) is 10.2 Å². The third-order valence-electron chi connectivity index (χ3n) is 6.97. The van der Waals surface area contributed by atoms with E-state index in [-0.39, 0.29) is 38.2 Å². The minimum atomic E-state index is -0.240. The number of hydrogen-bond donors (Lipinski definition) is 2. The Morgan fingerprint density at radius 3 is 2.22 bits per heavy atom.